The van der Waals surface area contributed by atoms with Crippen LogP contribution in [0.25, 0.3) is 10.9 Å². The van der Waals surface area contributed by atoms with Crippen LogP contribution in [0.2, 0.25) is 0 Å². The molecule has 0 fully saturated rings. The Bertz CT molecular complexity index is 716. The van der Waals surface area contributed by atoms with Crippen LogP contribution in [0.3, 0.4) is 0 Å². The van der Waals surface area contributed by atoms with Gasteiger partial charge in [0.25, 0.3) is 0 Å². The van der Waals surface area contributed by atoms with Gasteiger partial charge >= 0.3 is 0 Å². The van der Waals surface area contributed by atoms with Crippen molar-refractivity contribution in [2.45, 2.75) is 0 Å². The molecule has 0 atom stereocenters. The van der Waals surface area contributed by atoms with E-state index < -0.39 is 0 Å². The summed E-state index contributed by atoms with van der Waals surface area (Å²) in [6.45, 7) is 0. The maximum atomic E-state index is 12.8. The molecule has 0 aliphatic rings. The number of nitrogens with zero attached hydrogens (tertiary/aromatic N) is 1. The van der Waals surface area contributed by atoms with Crippen molar-refractivity contribution < 1.29 is 9.18 Å². The fourth-order valence-electron chi connectivity index (χ4n) is 1.92. The average Bonchev–Trinajstić information content (AvgIpc) is 2.82. The van der Waals surface area contributed by atoms with E-state index in [1.165, 1.54) is 24.3 Å². The van der Waals surface area contributed by atoms with Crippen molar-refractivity contribution in [3.05, 3.63) is 65.9 Å². The molecular formula is C14H9FN2O. The van der Waals surface area contributed by atoms with Gasteiger partial charge in [0.2, 0.25) is 0 Å². The van der Waals surface area contributed by atoms with Gasteiger partial charge in [0.05, 0.1) is 11.7 Å². The van der Waals surface area contributed by atoms with E-state index in [0.29, 0.717) is 11.1 Å². The topological polar surface area (TPSA) is 45.8 Å². The van der Waals surface area contributed by atoms with Crippen molar-refractivity contribution in [1.29, 1.82) is 0 Å². The van der Waals surface area contributed by atoms with Gasteiger partial charge < -0.3 is 4.98 Å². The molecule has 2 heterocycles. The quantitative estimate of drug-likeness (QED) is 0.700. The molecule has 0 saturated carbocycles. The molecule has 1 aromatic carbocycles. The largest absolute Gasteiger partial charge is 0.359 e. The lowest BCUT2D eigenvalue weighted by atomic mass is 10.0. The van der Waals surface area contributed by atoms with Gasteiger partial charge in [0.15, 0.2) is 5.78 Å². The van der Waals surface area contributed by atoms with Crippen molar-refractivity contribution in [3.8, 4) is 0 Å². The first-order chi connectivity index (χ1) is 8.75. The third-order valence-corrected chi connectivity index (χ3v) is 2.83. The summed E-state index contributed by atoms with van der Waals surface area (Å²) in [4.78, 5) is 19.2. The van der Waals surface area contributed by atoms with Gasteiger partial charge in [0.1, 0.15) is 5.82 Å². The highest BCUT2D eigenvalue weighted by Crippen LogP contribution is 2.20. The lowest BCUT2D eigenvalue weighted by Gasteiger charge is -1.99. The summed E-state index contributed by atoms with van der Waals surface area (Å²) < 4.78 is 12.8. The lowest BCUT2D eigenvalue weighted by Crippen LogP contribution is -2.00. The fourth-order valence-corrected chi connectivity index (χ4v) is 1.92. The Kier molecular flexibility index (Phi) is 2.41. The summed E-state index contributed by atoms with van der Waals surface area (Å²) >= 11 is 0. The van der Waals surface area contributed by atoms with Crippen molar-refractivity contribution in [2.75, 3.05) is 0 Å². The van der Waals surface area contributed by atoms with Gasteiger partial charge in [-0.2, -0.15) is 0 Å². The molecule has 0 saturated heterocycles. The maximum absolute atomic E-state index is 12.8. The van der Waals surface area contributed by atoms with Crippen LogP contribution in [0.15, 0.2) is 48.9 Å². The molecule has 0 bridgehead atoms. The summed E-state index contributed by atoms with van der Waals surface area (Å²) in [7, 11) is 0. The number of carbonyl (C=O) groups excluding carboxylic acids is 1. The van der Waals surface area contributed by atoms with Gasteiger partial charge in [-0.1, -0.05) is 0 Å². The molecule has 0 radical (unpaired) electrons. The second-order valence-corrected chi connectivity index (χ2v) is 3.96. The minimum atomic E-state index is -0.352. The zero-order chi connectivity index (χ0) is 12.5. The Hall–Kier alpha value is -2.49. The van der Waals surface area contributed by atoms with Gasteiger partial charge in [0, 0.05) is 28.9 Å². The number of nitrogens with one attached hydrogen (secondary N) is 1. The van der Waals surface area contributed by atoms with Gasteiger partial charge in [-0.15, -0.1) is 0 Å². The zero-order valence-corrected chi connectivity index (χ0v) is 9.35. The van der Waals surface area contributed by atoms with Gasteiger partial charge in [-0.25, -0.2) is 4.39 Å². The van der Waals surface area contributed by atoms with Crippen molar-refractivity contribution in [1.82, 2.24) is 9.97 Å². The van der Waals surface area contributed by atoms with Crippen LogP contribution >= 0.6 is 0 Å². The molecule has 3 rings (SSSR count). The molecule has 1 N–H and O–H groups in total. The van der Waals surface area contributed by atoms with E-state index >= 15 is 0 Å². The summed E-state index contributed by atoms with van der Waals surface area (Å²) in [5, 5.41) is 0.819. The van der Waals surface area contributed by atoms with Crippen LogP contribution in [-0.2, 0) is 0 Å². The predicted molar refractivity (Wildman–Crippen MR) is 65.9 cm³/mol. The third kappa shape index (κ3) is 1.68. The maximum Gasteiger partial charge on any atom is 0.195 e. The Balaban J connectivity index is 2.09. The number of ketones is 1. The molecule has 0 amide bonds. The molecule has 88 valence electrons. The average molecular weight is 240 g/mol. The first-order valence-electron chi connectivity index (χ1n) is 5.47. The molecule has 0 aliphatic heterocycles. The van der Waals surface area contributed by atoms with E-state index in [1.54, 1.807) is 24.7 Å². The number of benzene rings is 1. The number of H-pyrrole nitrogens is 1. The van der Waals surface area contributed by atoms with Crippen LogP contribution in [0.5, 0.6) is 0 Å². The molecule has 3 nitrogen and oxygen atoms in total. The highest BCUT2D eigenvalue weighted by Gasteiger charge is 2.13. The van der Waals surface area contributed by atoms with Crippen LogP contribution in [0, 0.1) is 5.82 Å². The first kappa shape index (κ1) is 10.7. The second kappa shape index (κ2) is 4.07. The van der Waals surface area contributed by atoms with E-state index in [-0.39, 0.29) is 11.6 Å². The highest BCUT2D eigenvalue weighted by atomic mass is 19.1. The Morgan fingerprint density at radius 1 is 1.17 bits per heavy atom. The third-order valence-electron chi connectivity index (χ3n) is 2.83. The number of hydrogen-bond donors (Lipinski definition) is 1. The van der Waals surface area contributed by atoms with E-state index in [4.69, 9.17) is 0 Å². The zero-order valence-electron chi connectivity index (χ0n) is 9.35. The van der Waals surface area contributed by atoms with Crippen molar-refractivity contribution in [3.63, 3.8) is 0 Å². The smallest absolute Gasteiger partial charge is 0.195 e. The predicted octanol–water partition coefficient (Wildman–Crippen LogP) is 2.93. The van der Waals surface area contributed by atoms with E-state index in [1.807, 2.05) is 0 Å². The molecule has 0 aliphatic carbocycles. The number of aromatic amines is 1. The molecule has 0 unspecified atom stereocenters. The Morgan fingerprint density at radius 2 is 1.94 bits per heavy atom. The minimum Gasteiger partial charge on any atom is -0.359 e. The monoisotopic (exact) mass is 240 g/mol. The van der Waals surface area contributed by atoms with Crippen molar-refractivity contribution in [2.24, 2.45) is 0 Å². The molecular weight excluding hydrogens is 231 g/mol. The van der Waals surface area contributed by atoms with E-state index in [9.17, 15) is 9.18 Å². The number of pyridine rings is 1. The number of halogens is 1. The van der Waals surface area contributed by atoms with Gasteiger partial charge in [-0.3, -0.25) is 9.78 Å². The number of hydrogen-bond acceptors (Lipinski definition) is 2. The second-order valence-electron chi connectivity index (χ2n) is 3.96. The summed E-state index contributed by atoms with van der Waals surface area (Å²) in [5.74, 6) is -0.484. The van der Waals surface area contributed by atoms with Crippen LogP contribution < -0.4 is 0 Å². The molecule has 4 heteroatoms. The first-order valence-corrected chi connectivity index (χ1v) is 5.47. The fraction of sp³-hybridized carbons (Fsp3) is 0. The van der Waals surface area contributed by atoms with Crippen LogP contribution in [0.1, 0.15) is 15.9 Å². The Labute approximate surface area is 102 Å². The van der Waals surface area contributed by atoms with Crippen LogP contribution in [-0.4, -0.2) is 15.8 Å². The Morgan fingerprint density at radius 3 is 2.72 bits per heavy atom. The minimum absolute atomic E-state index is 0.132. The molecule has 0 spiro atoms. The normalized spacial score (nSPS) is 10.7. The van der Waals surface area contributed by atoms with Crippen LogP contribution in [0.4, 0.5) is 4.39 Å². The molecule has 3 aromatic rings. The number of carbonyl (C=O) groups is 1. The molecule has 2 aromatic heterocycles. The number of rotatable bonds is 2. The standard InChI is InChI=1S/C14H9FN2O/c15-10-3-1-9(2-4-10)14(18)12-7-17-13-8-16-6-5-11(12)13/h1-8,17H. The number of fused-ring (bicyclic) bond motifs is 1. The van der Waals surface area contributed by atoms with Gasteiger partial charge in [-0.05, 0) is 30.3 Å². The highest BCUT2D eigenvalue weighted by molar-refractivity contribution is 6.16. The number of aromatic nitrogens is 2. The lowest BCUT2D eigenvalue weighted by molar-refractivity contribution is 0.104. The van der Waals surface area contributed by atoms with Crippen molar-refractivity contribution >= 4 is 16.7 Å². The summed E-state index contributed by atoms with van der Waals surface area (Å²) in [6, 6.07) is 7.31. The van der Waals surface area contributed by atoms with E-state index in [0.717, 1.165) is 10.9 Å². The molecule has 18 heavy (non-hydrogen) atoms. The van der Waals surface area contributed by atoms with E-state index in [2.05, 4.69) is 9.97 Å². The SMILES string of the molecule is O=C(c1ccc(F)cc1)c1c[nH]c2cnccc12. The summed E-state index contributed by atoms with van der Waals surface area (Å²) in [5.41, 5.74) is 1.84. The summed E-state index contributed by atoms with van der Waals surface area (Å²) in [6.07, 6.45) is 4.95.